The maximum atomic E-state index is 12.3. The Labute approximate surface area is 142 Å². The lowest BCUT2D eigenvalue weighted by Crippen LogP contribution is -2.27. The van der Waals surface area contributed by atoms with Crippen LogP contribution < -0.4 is 5.32 Å². The van der Waals surface area contributed by atoms with Gasteiger partial charge in [0.05, 0.1) is 5.69 Å². The molecule has 3 rings (SSSR count). The zero-order valence-corrected chi connectivity index (χ0v) is 13.9. The van der Waals surface area contributed by atoms with Crippen LogP contribution in [0.15, 0.2) is 66.9 Å². The summed E-state index contributed by atoms with van der Waals surface area (Å²) < 4.78 is 1.85. The number of amides is 1. The van der Waals surface area contributed by atoms with Crippen LogP contribution in [0.2, 0.25) is 0 Å². The first kappa shape index (κ1) is 16.0. The Morgan fingerprint density at radius 1 is 1.08 bits per heavy atom. The topological polar surface area (TPSA) is 46.9 Å². The van der Waals surface area contributed by atoms with Gasteiger partial charge in [0.2, 0.25) is 0 Å². The molecule has 0 unspecified atom stereocenters. The highest BCUT2D eigenvalue weighted by molar-refractivity contribution is 5.94. The summed E-state index contributed by atoms with van der Waals surface area (Å²) in [5.74, 6) is 0.225. The zero-order chi connectivity index (χ0) is 16.9. The Hall–Kier alpha value is -2.88. The second kappa shape index (κ2) is 7.13. The molecule has 1 heterocycles. The number of carbonyl (C=O) groups is 1. The van der Waals surface area contributed by atoms with Gasteiger partial charge < -0.3 is 5.32 Å². The van der Waals surface area contributed by atoms with E-state index in [1.54, 1.807) is 6.20 Å². The van der Waals surface area contributed by atoms with Gasteiger partial charge in [-0.25, -0.2) is 4.68 Å². The molecule has 122 valence electrons. The van der Waals surface area contributed by atoms with E-state index in [0.29, 0.717) is 12.1 Å². The van der Waals surface area contributed by atoms with Gasteiger partial charge in [-0.1, -0.05) is 37.3 Å². The summed E-state index contributed by atoms with van der Waals surface area (Å²) in [6.07, 6.45) is 1.76. The van der Waals surface area contributed by atoms with Crippen molar-refractivity contribution in [2.45, 2.75) is 19.8 Å². The summed E-state index contributed by atoms with van der Waals surface area (Å²) in [6, 6.07) is 19.6. The molecule has 24 heavy (non-hydrogen) atoms. The minimum atomic E-state index is -0.0541. The third kappa shape index (κ3) is 3.54. The SMILES string of the molecule is Cc1ccnn1-c1ccc(C(=O)NC[C@@H](C)c2ccccc2)cc1. The first-order valence-electron chi connectivity index (χ1n) is 8.09. The van der Waals surface area contributed by atoms with Gasteiger partial charge in [-0.05, 0) is 48.7 Å². The molecule has 0 aliphatic carbocycles. The molecule has 0 aliphatic heterocycles. The summed E-state index contributed by atoms with van der Waals surface area (Å²) in [6.45, 7) is 4.72. The molecular weight excluding hydrogens is 298 g/mol. The predicted octanol–water partition coefficient (Wildman–Crippen LogP) is 3.71. The van der Waals surface area contributed by atoms with Gasteiger partial charge in [0.1, 0.15) is 0 Å². The number of benzene rings is 2. The average molecular weight is 319 g/mol. The van der Waals surface area contributed by atoms with Crippen LogP contribution in [0.1, 0.15) is 34.5 Å². The number of aryl methyl sites for hydroxylation is 1. The molecule has 0 fully saturated rings. The van der Waals surface area contributed by atoms with Crippen molar-refractivity contribution in [3.05, 3.63) is 83.7 Å². The lowest BCUT2D eigenvalue weighted by molar-refractivity contribution is 0.0951. The highest BCUT2D eigenvalue weighted by atomic mass is 16.1. The number of aromatic nitrogens is 2. The maximum absolute atomic E-state index is 12.3. The molecule has 0 saturated heterocycles. The van der Waals surface area contributed by atoms with Gasteiger partial charge in [-0.2, -0.15) is 5.10 Å². The molecule has 0 saturated carbocycles. The highest BCUT2D eigenvalue weighted by Crippen LogP contribution is 2.14. The van der Waals surface area contributed by atoms with Crippen LogP contribution in [-0.4, -0.2) is 22.2 Å². The van der Waals surface area contributed by atoms with E-state index in [9.17, 15) is 4.79 Å². The average Bonchev–Trinajstić information content (AvgIpc) is 3.06. The number of nitrogens with zero attached hydrogens (tertiary/aromatic N) is 2. The maximum Gasteiger partial charge on any atom is 0.251 e. The van der Waals surface area contributed by atoms with Crippen molar-refractivity contribution in [1.82, 2.24) is 15.1 Å². The van der Waals surface area contributed by atoms with Crippen molar-refractivity contribution < 1.29 is 4.79 Å². The van der Waals surface area contributed by atoms with Crippen molar-refractivity contribution in [1.29, 1.82) is 0 Å². The second-order valence-corrected chi connectivity index (χ2v) is 5.95. The molecule has 1 aromatic heterocycles. The van der Waals surface area contributed by atoms with E-state index >= 15 is 0 Å². The summed E-state index contributed by atoms with van der Waals surface area (Å²) in [5, 5.41) is 7.27. The summed E-state index contributed by atoms with van der Waals surface area (Å²) in [7, 11) is 0. The molecular formula is C20H21N3O. The Kier molecular flexibility index (Phi) is 4.75. The van der Waals surface area contributed by atoms with E-state index in [-0.39, 0.29) is 11.8 Å². The van der Waals surface area contributed by atoms with Crippen LogP contribution in [0.4, 0.5) is 0 Å². The molecule has 1 N–H and O–H groups in total. The first-order valence-corrected chi connectivity index (χ1v) is 8.09. The fourth-order valence-electron chi connectivity index (χ4n) is 2.64. The number of nitrogens with one attached hydrogen (secondary N) is 1. The van der Waals surface area contributed by atoms with E-state index in [1.807, 2.05) is 60.1 Å². The molecule has 4 heteroatoms. The fraction of sp³-hybridized carbons (Fsp3) is 0.200. The molecule has 0 bridgehead atoms. The Balaban J connectivity index is 1.62. The van der Waals surface area contributed by atoms with E-state index in [2.05, 4.69) is 29.5 Å². The van der Waals surface area contributed by atoms with E-state index in [1.165, 1.54) is 5.56 Å². The molecule has 1 amide bonds. The molecule has 4 nitrogen and oxygen atoms in total. The lowest BCUT2D eigenvalue weighted by atomic mass is 10.0. The van der Waals surface area contributed by atoms with Gasteiger partial charge in [0.25, 0.3) is 5.91 Å². The van der Waals surface area contributed by atoms with Crippen LogP contribution in [0.25, 0.3) is 5.69 Å². The van der Waals surface area contributed by atoms with Gasteiger partial charge in [0.15, 0.2) is 0 Å². The van der Waals surface area contributed by atoms with Gasteiger partial charge >= 0.3 is 0 Å². The summed E-state index contributed by atoms with van der Waals surface area (Å²) in [4.78, 5) is 12.3. The van der Waals surface area contributed by atoms with Crippen LogP contribution in [-0.2, 0) is 0 Å². The van der Waals surface area contributed by atoms with Gasteiger partial charge in [-0.15, -0.1) is 0 Å². The zero-order valence-electron chi connectivity index (χ0n) is 13.9. The van der Waals surface area contributed by atoms with Crippen LogP contribution >= 0.6 is 0 Å². The van der Waals surface area contributed by atoms with Crippen molar-refractivity contribution in [3.63, 3.8) is 0 Å². The van der Waals surface area contributed by atoms with Crippen LogP contribution in [0, 0.1) is 6.92 Å². The monoisotopic (exact) mass is 319 g/mol. The molecule has 3 aromatic rings. The smallest absolute Gasteiger partial charge is 0.251 e. The fourth-order valence-corrected chi connectivity index (χ4v) is 2.64. The normalized spacial score (nSPS) is 11.9. The Bertz CT molecular complexity index is 806. The quantitative estimate of drug-likeness (QED) is 0.779. The van der Waals surface area contributed by atoms with Crippen LogP contribution in [0.3, 0.4) is 0 Å². The number of hydrogen-bond donors (Lipinski definition) is 1. The Morgan fingerprint density at radius 3 is 2.42 bits per heavy atom. The van der Waals surface area contributed by atoms with Gasteiger partial charge in [-0.3, -0.25) is 4.79 Å². The largest absolute Gasteiger partial charge is 0.351 e. The van der Waals surface area contributed by atoms with Crippen molar-refractivity contribution in [2.75, 3.05) is 6.54 Å². The van der Waals surface area contributed by atoms with Crippen molar-refractivity contribution in [3.8, 4) is 5.69 Å². The van der Waals surface area contributed by atoms with Gasteiger partial charge in [0, 0.05) is 24.0 Å². The van der Waals surface area contributed by atoms with Crippen molar-refractivity contribution in [2.24, 2.45) is 0 Å². The Morgan fingerprint density at radius 2 is 1.79 bits per heavy atom. The molecule has 0 aliphatic rings. The summed E-state index contributed by atoms with van der Waals surface area (Å²) in [5.41, 5.74) is 3.89. The minimum absolute atomic E-state index is 0.0541. The third-order valence-corrected chi connectivity index (χ3v) is 4.14. The lowest BCUT2D eigenvalue weighted by Gasteiger charge is -2.13. The standard InChI is InChI=1S/C20H21N3O/c1-15(17-6-4-3-5-7-17)14-21-20(24)18-8-10-19(11-9-18)23-16(2)12-13-22-23/h3-13,15H,14H2,1-2H3,(H,21,24)/t15-/m1/s1. The number of carbonyl (C=O) groups excluding carboxylic acids is 1. The van der Waals surface area contributed by atoms with Crippen LogP contribution in [0.5, 0.6) is 0 Å². The second-order valence-electron chi connectivity index (χ2n) is 5.95. The number of hydrogen-bond acceptors (Lipinski definition) is 2. The molecule has 0 spiro atoms. The van der Waals surface area contributed by atoms with E-state index in [4.69, 9.17) is 0 Å². The summed E-state index contributed by atoms with van der Waals surface area (Å²) >= 11 is 0. The predicted molar refractivity (Wildman–Crippen MR) is 95.5 cm³/mol. The minimum Gasteiger partial charge on any atom is -0.351 e. The highest BCUT2D eigenvalue weighted by Gasteiger charge is 2.10. The number of rotatable bonds is 5. The molecule has 0 radical (unpaired) electrons. The first-order chi connectivity index (χ1) is 11.6. The third-order valence-electron chi connectivity index (χ3n) is 4.14. The molecule has 2 aromatic carbocycles. The van der Waals surface area contributed by atoms with Crippen molar-refractivity contribution >= 4 is 5.91 Å². The van der Waals surface area contributed by atoms with E-state index < -0.39 is 0 Å². The van der Waals surface area contributed by atoms with E-state index in [0.717, 1.165) is 11.4 Å². The molecule has 1 atom stereocenters.